The van der Waals surface area contributed by atoms with E-state index >= 15 is 0 Å². The highest BCUT2D eigenvalue weighted by Gasteiger charge is 2.20. The van der Waals surface area contributed by atoms with Gasteiger partial charge in [0.1, 0.15) is 0 Å². The average molecular weight is 388 g/mol. The number of aromatic nitrogens is 4. The number of nitrogens with zero attached hydrogens (tertiary/aromatic N) is 4. The van der Waals surface area contributed by atoms with Crippen LogP contribution in [0.1, 0.15) is 48.9 Å². The molecule has 8 heteroatoms. The fraction of sp³-hybridized carbons (Fsp3) is 0.421. The van der Waals surface area contributed by atoms with Crippen molar-refractivity contribution in [3.63, 3.8) is 0 Å². The molecule has 2 aromatic heterocycles. The number of fused-ring (bicyclic) bond motifs is 1. The maximum absolute atomic E-state index is 12.1. The number of hydrogen-bond donors (Lipinski definition) is 1. The van der Waals surface area contributed by atoms with Gasteiger partial charge in [0.15, 0.2) is 5.65 Å². The first kappa shape index (κ1) is 19.3. The first-order valence-corrected chi connectivity index (χ1v) is 10.9. The van der Waals surface area contributed by atoms with Gasteiger partial charge in [-0.2, -0.15) is 19.6 Å². The fourth-order valence-corrected chi connectivity index (χ4v) is 3.51. The van der Waals surface area contributed by atoms with Crippen LogP contribution in [0.25, 0.3) is 5.65 Å². The van der Waals surface area contributed by atoms with E-state index in [1.807, 2.05) is 13.8 Å². The summed E-state index contributed by atoms with van der Waals surface area (Å²) in [5.41, 5.74) is 4.97. The minimum atomic E-state index is -3.54. The van der Waals surface area contributed by atoms with Crippen molar-refractivity contribution in [1.82, 2.24) is 19.6 Å². The number of anilines is 1. The van der Waals surface area contributed by atoms with Crippen molar-refractivity contribution in [3.8, 4) is 0 Å². The van der Waals surface area contributed by atoms with E-state index in [9.17, 15) is 8.42 Å². The molecule has 0 aliphatic carbocycles. The molecule has 0 saturated carbocycles. The predicted molar refractivity (Wildman–Crippen MR) is 106 cm³/mol. The number of rotatable bonds is 6. The summed E-state index contributed by atoms with van der Waals surface area (Å²) in [6, 6.07) is 6.34. The van der Waals surface area contributed by atoms with Crippen molar-refractivity contribution in [2.75, 3.05) is 11.6 Å². The fourth-order valence-electron chi connectivity index (χ4n) is 3.00. The second-order valence-electron chi connectivity index (χ2n) is 7.07. The molecule has 3 rings (SSSR count). The number of aryl methyl sites for hydroxylation is 2. The summed E-state index contributed by atoms with van der Waals surface area (Å²) in [7, 11) is -3.54. The maximum atomic E-state index is 12.1. The van der Waals surface area contributed by atoms with Gasteiger partial charge in [-0.15, -0.1) is 0 Å². The first-order chi connectivity index (χ1) is 12.7. The van der Waals surface area contributed by atoms with Crippen molar-refractivity contribution < 1.29 is 8.42 Å². The zero-order chi connectivity index (χ0) is 19.8. The summed E-state index contributed by atoms with van der Waals surface area (Å²) in [4.78, 5) is 8.48. The minimum Gasteiger partial charge on any atom is -0.350 e. The van der Waals surface area contributed by atoms with E-state index in [-0.39, 0.29) is 11.1 Å². The lowest BCUT2D eigenvalue weighted by Gasteiger charge is -2.13. The Morgan fingerprint density at radius 1 is 1.19 bits per heavy atom. The maximum Gasteiger partial charge on any atom is 0.252 e. The predicted octanol–water partition coefficient (Wildman–Crippen LogP) is 3.13. The topological polar surface area (TPSA) is 89.2 Å². The largest absolute Gasteiger partial charge is 0.350 e. The zero-order valence-corrected chi connectivity index (χ0v) is 17.1. The van der Waals surface area contributed by atoms with Gasteiger partial charge in [-0.05, 0) is 30.4 Å². The number of nitrogens with one attached hydrogen (secondary N) is 1. The van der Waals surface area contributed by atoms with E-state index in [0.717, 1.165) is 23.8 Å². The van der Waals surface area contributed by atoms with Crippen LogP contribution in [0.5, 0.6) is 0 Å². The summed E-state index contributed by atoms with van der Waals surface area (Å²) < 4.78 is 25.7. The van der Waals surface area contributed by atoms with Crippen LogP contribution in [-0.2, 0) is 22.8 Å². The summed E-state index contributed by atoms with van der Waals surface area (Å²) >= 11 is 0. The lowest BCUT2D eigenvalue weighted by molar-refractivity contribution is 0.592. The highest BCUT2D eigenvalue weighted by Crippen LogP contribution is 2.22. The van der Waals surface area contributed by atoms with E-state index in [1.165, 1.54) is 11.1 Å². The van der Waals surface area contributed by atoms with Gasteiger partial charge in [0.05, 0.1) is 6.20 Å². The van der Waals surface area contributed by atoms with E-state index < -0.39 is 9.84 Å². The SMILES string of the molecule is CCc1ccc(C)cc1CNc1nc(S(C)(=O)=O)nc2c(C(C)C)cnn12. The van der Waals surface area contributed by atoms with Gasteiger partial charge in [0.2, 0.25) is 15.8 Å². The van der Waals surface area contributed by atoms with Gasteiger partial charge < -0.3 is 5.32 Å². The monoisotopic (exact) mass is 387 g/mol. The molecule has 0 spiro atoms. The molecule has 0 amide bonds. The number of hydrogen-bond acceptors (Lipinski definition) is 6. The van der Waals surface area contributed by atoms with Crippen molar-refractivity contribution in [1.29, 1.82) is 0 Å². The summed E-state index contributed by atoms with van der Waals surface area (Å²) in [5, 5.41) is 7.43. The Labute approximate surface area is 159 Å². The molecule has 0 saturated heterocycles. The first-order valence-electron chi connectivity index (χ1n) is 8.98. The quantitative estimate of drug-likeness (QED) is 0.699. The Morgan fingerprint density at radius 2 is 1.93 bits per heavy atom. The van der Waals surface area contributed by atoms with E-state index in [0.29, 0.717) is 18.1 Å². The second-order valence-corrected chi connectivity index (χ2v) is 8.98. The molecule has 0 atom stereocenters. The Balaban J connectivity index is 2.07. The van der Waals surface area contributed by atoms with E-state index in [4.69, 9.17) is 0 Å². The third-order valence-corrected chi connectivity index (χ3v) is 5.35. The smallest absolute Gasteiger partial charge is 0.252 e. The average Bonchev–Trinajstić information content (AvgIpc) is 3.03. The molecule has 3 aromatic rings. The normalized spacial score (nSPS) is 12.1. The molecule has 0 radical (unpaired) electrons. The molecule has 0 aliphatic rings. The third-order valence-electron chi connectivity index (χ3n) is 4.51. The van der Waals surface area contributed by atoms with E-state index in [2.05, 4.69) is 52.4 Å². The molecule has 1 aromatic carbocycles. The Kier molecular flexibility index (Phi) is 5.19. The van der Waals surface area contributed by atoms with Gasteiger partial charge in [-0.3, -0.25) is 0 Å². The highest BCUT2D eigenvalue weighted by atomic mass is 32.2. The van der Waals surface area contributed by atoms with Gasteiger partial charge in [-0.1, -0.05) is 44.5 Å². The Morgan fingerprint density at radius 3 is 2.56 bits per heavy atom. The van der Waals surface area contributed by atoms with Crippen LogP contribution in [0.15, 0.2) is 29.6 Å². The van der Waals surface area contributed by atoms with Crippen molar-refractivity contribution >= 4 is 21.4 Å². The zero-order valence-electron chi connectivity index (χ0n) is 16.3. The van der Waals surface area contributed by atoms with Crippen molar-refractivity contribution in [2.24, 2.45) is 0 Å². The van der Waals surface area contributed by atoms with Crippen molar-refractivity contribution in [2.45, 2.75) is 51.7 Å². The molecule has 7 nitrogen and oxygen atoms in total. The second kappa shape index (κ2) is 7.26. The van der Waals surface area contributed by atoms with Crippen LogP contribution in [0.2, 0.25) is 0 Å². The molecular formula is C19H25N5O2S. The lowest BCUT2D eigenvalue weighted by atomic mass is 10.0. The Bertz CT molecular complexity index is 1090. The van der Waals surface area contributed by atoms with Crippen LogP contribution in [-0.4, -0.2) is 34.3 Å². The molecule has 144 valence electrons. The van der Waals surface area contributed by atoms with Crippen LogP contribution >= 0.6 is 0 Å². The molecule has 0 unspecified atom stereocenters. The molecule has 1 N–H and O–H groups in total. The highest BCUT2D eigenvalue weighted by molar-refractivity contribution is 7.90. The van der Waals surface area contributed by atoms with Gasteiger partial charge in [0.25, 0.3) is 5.16 Å². The van der Waals surface area contributed by atoms with Gasteiger partial charge >= 0.3 is 0 Å². The third kappa shape index (κ3) is 3.95. The van der Waals surface area contributed by atoms with E-state index in [1.54, 1.807) is 10.7 Å². The van der Waals surface area contributed by atoms with Crippen LogP contribution < -0.4 is 5.32 Å². The van der Waals surface area contributed by atoms with Gasteiger partial charge in [-0.25, -0.2) is 8.42 Å². The number of benzene rings is 1. The summed E-state index contributed by atoms with van der Waals surface area (Å²) in [6.45, 7) is 8.73. The molecule has 0 aliphatic heterocycles. The Hall–Kier alpha value is -2.48. The molecule has 0 fully saturated rings. The molecule has 2 heterocycles. The van der Waals surface area contributed by atoms with Crippen LogP contribution in [0, 0.1) is 6.92 Å². The lowest BCUT2D eigenvalue weighted by Crippen LogP contribution is -2.14. The number of sulfone groups is 1. The molecule has 0 bridgehead atoms. The van der Waals surface area contributed by atoms with Crippen LogP contribution in [0.4, 0.5) is 5.95 Å². The molecular weight excluding hydrogens is 362 g/mol. The minimum absolute atomic E-state index is 0.168. The van der Waals surface area contributed by atoms with Gasteiger partial charge in [0, 0.05) is 18.4 Å². The van der Waals surface area contributed by atoms with Crippen LogP contribution in [0.3, 0.4) is 0 Å². The molecule has 27 heavy (non-hydrogen) atoms. The summed E-state index contributed by atoms with van der Waals surface area (Å²) in [6.07, 6.45) is 3.75. The standard InChI is InChI=1S/C19H25N5O2S/c1-6-14-8-7-13(4)9-15(14)10-20-18-23-19(27(5,25)26)22-17-16(12(2)3)11-21-24(17)18/h7-9,11-12H,6,10H2,1-5H3,(H,20,22,23). The summed E-state index contributed by atoms with van der Waals surface area (Å²) in [5.74, 6) is 0.539. The van der Waals surface area contributed by atoms with Crippen molar-refractivity contribution in [3.05, 3.63) is 46.6 Å².